The summed E-state index contributed by atoms with van der Waals surface area (Å²) >= 11 is 1.37. The van der Waals surface area contributed by atoms with Crippen molar-refractivity contribution in [2.75, 3.05) is 0 Å². The van der Waals surface area contributed by atoms with Gasteiger partial charge in [0.25, 0.3) is 0 Å². The summed E-state index contributed by atoms with van der Waals surface area (Å²) in [5.74, 6) is 1.52. The predicted molar refractivity (Wildman–Crippen MR) is 96.6 cm³/mol. The van der Waals surface area contributed by atoms with E-state index in [1.807, 2.05) is 12.1 Å². The lowest BCUT2D eigenvalue weighted by Crippen LogP contribution is -2.48. The van der Waals surface area contributed by atoms with Crippen LogP contribution in [0.4, 0.5) is 4.39 Å². The molecule has 0 atom stereocenters. The van der Waals surface area contributed by atoms with E-state index >= 15 is 0 Å². The maximum absolute atomic E-state index is 14.6. The number of hydrogen-bond acceptors (Lipinski definition) is 3. The van der Waals surface area contributed by atoms with Crippen molar-refractivity contribution >= 4 is 17.6 Å². The second kappa shape index (κ2) is 5.41. The van der Waals surface area contributed by atoms with Gasteiger partial charge in [-0.1, -0.05) is 0 Å². The molecular weight excluding hydrogens is 335 g/mol. The summed E-state index contributed by atoms with van der Waals surface area (Å²) in [7, 11) is 0. The number of aldehydes is 1. The Bertz CT molecular complexity index is 818. The highest BCUT2D eigenvalue weighted by atomic mass is 32.1. The van der Waals surface area contributed by atoms with Gasteiger partial charge >= 0.3 is 0 Å². The maximum Gasteiger partial charge on any atom is 0.165 e. The van der Waals surface area contributed by atoms with Gasteiger partial charge in [-0.25, -0.2) is 4.39 Å². The SMILES string of the molecule is O=Cc1ccc(-c2cc(F)c(O)c(C34CC5CC(CC(C5)C3)C4)c2)s1. The van der Waals surface area contributed by atoms with Crippen molar-refractivity contribution < 1.29 is 14.3 Å². The van der Waals surface area contributed by atoms with Crippen LogP contribution in [0.15, 0.2) is 24.3 Å². The summed E-state index contributed by atoms with van der Waals surface area (Å²) in [6, 6.07) is 7.03. The normalized spacial score (nSPS) is 32.9. The molecule has 0 spiro atoms. The van der Waals surface area contributed by atoms with Crippen molar-refractivity contribution in [2.45, 2.75) is 43.9 Å². The minimum absolute atomic E-state index is 0.0551. The van der Waals surface area contributed by atoms with Gasteiger partial charge in [0, 0.05) is 10.4 Å². The van der Waals surface area contributed by atoms with Crippen LogP contribution >= 0.6 is 11.3 Å². The van der Waals surface area contributed by atoms with E-state index in [1.54, 1.807) is 6.07 Å². The van der Waals surface area contributed by atoms with E-state index in [4.69, 9.17) is 0 Å². The van der Waals surface area contributed by atoms with Crippen LogP contribution in [0, 0.1) is 23.6 Å². The van der Waals surface area contributed by atoms with E-state index in [1.165, 1.54) is 36.7 Å². The van der Waals surface area contributed by atoms with Crippen molar-refractivity contribution in [1.82, 2.24) is 0 Å². The zero-order chi connectivity index (χ0) is 17.2. The summed E-state index contributed by atoms with van der Waals surface area (Å²) < 4.78 is 14.6. The topological polar surface area (TPSA) is 37.3 Å². The number of aromatic hydroxyl groups is 1. The van der Waals surface area contributed by atoms with E-state index in [0.29, 0.717) is 4.88 Å². The van der Waals surface area contributed by atoms with Gasteiger partial charge in [0.2, 0.25) is 0 Å². The molecule has 1 aromatic heterocycles. The molecular formula is C21H21FO2S. The van der Waals surface area contributed by atoms with E-state index in [2.05, 4.69) is 0 Å². The number of carbonyl (C=O) groups excluding carboxylic acids is 1. The molecule has 130 valence electrons. The first kappa shape index (κ1) is 15.6. The number of halogens is 1. The fourth-order valence-corrected chi connectivity index (χ4v) is 6.97. The maximum atomic E-state index is 14.6. The first-order chi connectivity index (χ1) is 12.1. The van der Waals surface area contributed by atoms with Crippen LogP contribution in [-0.2, 0) is 5.41 Å². The Kier molecular flexibility index (Phi) is 3.37. The number of phenols is 1. The molecule has 0 aliphatic heterocycles. The third-order valence-electron chi connectivity index (χ3n) is 6.70. The molecule has 0 saturated heterocycles. The van der Waals surface area contributed by atoms with Gasteiger partial charge in [-0.05, 0) is 91.5 Å². The highest BCUT2D eigenvalue weighted by Crippen LogP contribution is 2.62. The van der Waals surface area contributed by atoms with E-state index in [-0.39, 0.29) is 11.2 Å². The first-order valence-electron chi connectivity index (χ1n) is 9.15. The van der Waals surface area contributed by atoms with E-state index in [0.717, 1.165) is 59.3 Å². The number of hydrogen-bond donors (Lipinski definition) is 1. The summed E-state index contributed by atoms with van der Waals surface area (Å²) in [5, 5.41) is 10.6. The van der Waals surface area contributed by atoms with Gasteiger partial charge in [0.15, 0.2) is 17.9 Å². The Morgan fingerprint density at radius 2 is 1.72 bits per heavy atom. The number of benzene rings is 1. The van der Waals surface area contributed by atoms with Crippen LogP contribution in [0.25, 0.3) is 10.4 Å². The fourth-order valence-electron chi connectivity index (χ4n) is 6.16. The van der Waals surface area contributed by atoms with Crippen LogP contribution in [0.3, 0.4) is 0 Å². The molecule has 2 nitrogen and oxygen atoms in total. The van der Waals surface area contributed by atoms with Gasteiger partial charge in [0.05, 0.1) is 4.88 Å². The van der Waals surface area contributed by atoms with Crippen molar-refractivity contribution in [3.8, 4) is 16.2 Å². The smallest absolute Gasteiger partial charge is 0.165 e. The number of rotatable bonds is 3. The molecule has 1 N–H and O–H groups in total. The highest BCUT2D eigenvalue weighted by Gasteiger charge is 2.52. The Morgan fingerprint density at radius 3 is 2.28 bits per heavy atom. The molecule has 6 rings (SSSR count). The van der Waals surface area contributed by atoms with Crippen molar-refractivity contribution in [1.29, 1.82) is 0 Å². The summed E-state index contributed by atoms with van der Waals surface area (Å²) in [6.45, 7) is 0. The van der Waals surface area contributed by atoms with Crippen molar-refractivity contribution in [3.63, 3.8) is 0 Å². The second-order valence-electron chi connectivity index (χ2n) is 8.37. The molecule has 0 unspecified atom stereocenters. The van der Waals surface area contributed by atoms with Crippen molar-refractivity contribution in [2.24, 2.45) is 17.8 Å². The molecule has 4 aliphatic carbocycles. The summed E-state index contributed by atoms with van der Waals surface area (Å²) in [5.41, 5.74) is 1.53. The lowest BCUT2D eigenvalue weighted by atomic mass is 9.48. The third-order valence-corrected chi connectivity index (χ3v) is 7.76. The minimum Gasteiger partial charge on any atom is -0.505 e. The van der Waals surface area contributed by atoms with E-state index < -0.39 is 5.82 Å². The molecule has 4 bridgehead atoms. The number of carbonyl (C=O) groups is 1. The van der Waals surface area contributed by atoms with E-state index in [9.17, 15) is 14.3 Å². The molecule has 1 heterocycles. The number of phenolic OH excluding ortho intramolecular Hbond substituents is 1. The Balaban J connectivity index is 1.62. The molecule has 4 fully saturated rings. The van der Waals surface area contributed by atoms with Crippen LogP contribution in [0.5, 0.6) is 5.75 Å². The standard InChI is InChI=1S/C21H21FO2S/c22-18-7-15(19-2-1-16(11-23)25-19)6-17(20(18)24)21-8-12-3-13(9-21)5-14(4-12)10-21/h1-2,6-7,11-14,24H,3-5,8-10H2. The van der Waals surface area contributed by atoms with Gasteiger partial charge < -0.3 is 5.11 Å². The monoisotopic (exact) mass is 356 g/mol. The van der Waals surface area contributed by atoms with Crippen LogP contribution in [-0.4, -0.2) is 11.4 Å². The Labute approximate surface area is 150 Å². The first-order valence-corrected chi connectivity index (χ1v) is 9.96. The molecule has 25 heavy (non-hydrogen) atoms. The minimum atomic E-state index is -0.538. The highest BCUT2D eigenvalue weighted by molar-refractivity contribution is 7.17. The lowest BCUT2D eigenvalue weighted by Gasteiger charge is -2.57. The van der Waals surface area contributed by atoms with Crippen LogP contribution in [0.1, 0.15) is 53.8 Å². The summed E-state index contributed by atoms with van der Waals surface area (Å²) in [6.07, 6.45) is 8.02. The predicted octanol–water partition coefficient (Wildman–Crippen LogP) is 5.54. The van der Waals surface area contributed by atoms with Crippen molar-refractivity contribution in [3.05, 3.63) is 40.5 Å². The molecule has 4 heteroatoms. The third kappa shape index (κ3) is 2.37. The van der Waals surface area contributed by atoms with Crippen LogP contribution in [0.2, 0.25) is 0 Å². The summed E-state index contributed by atoms with van der Waals surface area (Å²) in [4.78, 5) is 12.5. The van der Waals surface area contributed by atoms with Gasteiger partial charge in [-0.2, -0.15) is 0 Å². The fraction of sp³-hybridized carbons (Fsp3) is 0.476. The number of thiophene rings is 1. The molecule has 0 amide bonds. The molecule has 1 aromatic carbocycles. The second-order valence-corrected chi connectivity index (χ2v) is 9.49. The zero-order valence-corrected chi connectivity index (χ0v) is 14.8. The van der Waals surface area contributed by atoms with Gasteiger partial charge in [0.1, 0.15) is 0 Å². The Hall–Kier alpha value is -1.68. The lowest BCUT2D eigenvalue weighted by molar-refractivity contribution is -0.00632. The quantitative estimate of drug-likeness (QED) is 0.733. The molecule has 4 aliphatic rings. The average Bonchev–Trinajstić information content (AvgIpc) is 3.05. The zero-order valence-electron chi connectivity index (χ0n) is 14.0. The van der Waals surface area contributed by atoms with Crippen LogP contribution < -0.4 is 0 Å². The largest absolute Gasteiger partial charge is 0.505 e. The van der Waals surface area contributed by atoms with Gasteiger partial charge in [-0.3, -0.25) is 4.79 Å². The average molecular weight is 356 g/mol. The molecule has 4 saturated carbocycles. The molecule has 0 radical (unpaired) electrons. The van der Waals surface area contributed by atoms with Gasteiger partial charge in [-0.15, -0.1) is 11.3 Å². The Morgan fingerprint density at radius 1 is 1.08 bits per heavy atom. The molecule has 2 aromatic rings.